The number of ether oxygens (including phenoxy) is 4. The van der Waals surface area contributed by atoms with Crippen molar-refractivity contribution in [3.63, 3.8) is 0 Å². The molecule has 0 spiro atoms. The van der Waals surface area contributed by atoms with Gasteiger partial charge in [-0.25, -0.2) is 0 Å². The molecule has 4 rings (SSSR count). The highest BCUT2D eigenvalue weighted by molar-refractivity contribution is 6.31. The lowest BCUT2D eigenvalue weighted by atomic mass is 9.95. The Morgan fingerprint density at radius 2 is 1.94 bits per heavy atom. The number of benzene rings is 2. The highest BCUT2D eigenvalue weighted by atomic mass is 35.5. The van der Waals surface area contributed by atoms with Crippen LogP contribution in [0.25, 0.3) is 0 Å². The smallest absolute Gasteiger partial charge is 0.257 e. The van der Waals surface area contributed by atoms with Crippen LogP contribution in [0, 0.1) is 5.92 Å². The van der Waals surface area contributed by atoms with Crippen molar-refractivity contribution in [3.05, 3.63) is 47.0 Å². The van der Waals surface area contributed by atoms with Crippen LogP contribution in [0.15, 0.2) is 36.4 Å². The number of nitrogens with zero attached hydrogens (tertiary/aromatic N) is 1. The minimum atomic E-state index is -0.869. The maximum Gasteiger partial charge on any atom is 0.257 e. The third-order valence-electron chi connectivity index (χ3n) is 5.84. The molecule has 0 saturated carbocycles. The third kappa shape index (κ3) is 5.66. The van der Waals surface area contributed by atoms with Gasteiger partial charge in [-0.2, -0.15) is 0 Å². The van der Waals surface area contributed by atoms with Gasteiger partial charge >= 0.3 is 0 Å². The van der Waals surface area contributed by atoms with Gasteiger partial charge in [0.25, 0.3) is 5.91 Å². The number of fused-ring (bicyclic) bond motifs is 1. The zero-order valence-electron chi connectivity index (χ0n) is 18.8. The maximum atomic E-state index is 12.9. The third-order valence-corrected chi connectivity index (χ3v) is 6.08. The summed E-state index contributed by atoms with van der Waals surface area (Å²) in [6.07, 6.45) is 0.195. The van der Waals surface area contributed by atoms with Crippen molar-refractivity contribution in [1.82, 2.24) is 10.2 Å². The number of halogens is 1. The Bertz CT molecular complexity index is 1040. The molecule has 1 unspecified atom stereocenters. The summed E-state index contributed by atoms with van der Waals surface area (Å²) < 4.78 is 21.4. The Balaban J connectivity index is 1.20. The minimum Gasteiger partial charge on any atom is -0.496 e. The van der Waals surface area contributed by atoms with Crippen molar-refractivity contribution in [2.75, 3.05) is 40.1 Å². The molecule has 1 atom stereocenters. The number of nitrogens with one attached hydrogen (secondary N) is 1. The van der Waals surface area contributed by atoms with Crippen molar-refractivity contribution in [2.45, 2.75) is 18.9 Å². The Labute approximate surface area is 202 Å². The Morgan fingerprint density at radius 3 is 2.71 bits per heavy atom. The highest BCUT2D eigenvalue weighted by Gasteiger charge is 2.29. The molecular weight excluding hydrogens is 464 g/mol. The molecule has 2 aromatic carbocycles. The summed E-state index contributed by atoms with van der Waals surface area (Å²) in [4.78, 5) is 27.2. The standard InChI is InChI=1S/C24H27ClN2O7/c1-31-20-4-2-16(25)10-19(20)24(30)27-8-6-15(7-9-27)23(29)26-12-17(28)13-32-18-3-5-21-22(11-18)34-14-33-21/h2-5,10-11,15,17,28H,6-9,12-14H2,1H3,(H,26,29). The quantitative estimate of drug-likeness (QED) is 0.585. The van der Waals surface area contributed by atoms with E-state index in [0.29, 0.717) is 59.5 Å². The number of rotatable bonds is 8. The number of likely N-dealkylation sites (tertiary alicyclic amines) is 1. The summed E-state index contributed by atoms with van der Waals surface area (Å²) >= 11 is 6.04. The summed E-state index contributed by atoms with van der Waals surface area (Å²) in [7, 11) is 1.51. The van der Waals surface area contributed by atoms with Crippen molar-refractivity contribution in [1.29, 1.82) is 0 Å². The van der Waals surface area contributed by atoms with Gasteiger partial charge in [-0.15, -0.1) is 0 Å². The summed E-state index contributed by atoms with van der Waals surface area (Å²) in [5.74, 6) is 1.71. The Kier molecular flexibility index (Phi) is 7.64. The molecule has 10 heteroatoms. The number of hydrogen-bond donors (Lipinski definition) is 2. The molecule has 2 amide bonds. The van der Waals surface area contributed by atoms with Crippen LogP contribution in [0.4, 0.5) is 0 Å². The van der Waals surface area contributed by atoms with Gasteiger partial charge in [0.15, 0.2) is 11.5 Å². The Hall–Kier alpha value is -3.17. The lowest BCUT2D eigenvalue weighted by Crippen LogP contribution is -2.44. The average Bonchev–Trinajstić information content (AvgIpc) is 3.33. The van der Waals surface area contributed by atoms with Crippen molar-refractivity contribution >= 4 is 23.4 Å². The lowest BCUT2D eigenvalue weighted by Gasteiger charge is -2.32. The zero-order valence-corrected chi connectivity index (χ0v) is 19.5. The van der Waals surface area contributed by atoms with Gasteiger partial charge in [-0.05, 0) is 43.2 Å². The Morgan fingerprint density at radius 1 is 1.18 bits per heavy atom. The van der Waals surface area contributed by atoms with Crippen molar-refractivity contribution < 1.29 is 33.6 Å². The van der Waals surface area contributed by atoms with E-state index in [4.69, 9.17) is 30.5 Å². The summed E-state index contributed by atoms with van der Waals surface area (Å²) in [6.45, 7) is 1.16. The van der Waals surface area contributed by atoms with Crippen LogP contribution in [0.2, 0.25) is 5.02 Å². The molecule has 1 fully saturated rings. The molecule has 2 aliphatic rings. The van der Waals surface area contributed by atoms with Crippen molar-refractivity contribution in [2.24, 2.45) is 5.92 Å². The number of hydrogen-bond acceptors (Lipinski definition) is 7. The molecule has 2 aliphatic heterocycles. The van der Waals surface area contributed by atoms with E-state index in [9.17, 15) is 14.7 Å². The van der Waals surface area contributed by atoms with E-state index in [-0.39, 0.29) is 37.7 Å². The molecule has 34 heavy (non-hydrogen) atoms. The molecule has 2 N–H and O–H groups in total. The fraction of sp³-hybridized carbons (Fsp3) is 0.417. The van der Waals surface area contributed by atoms with E-state index in [0.717, 1.165) is 0 Å². The molecule has 1 saturated heterocycles. The van der Waals surface area contributed by atoms with Gasteiger partial charge in [-0.3, -0.25) is 9.59 Å². The van der Waals surface area contributed by atoms with Crippen LogP contribution >= 0.6 is 11.6 Å². The number of carbonyl (C=O) groups excluding carboxylic acids is 2. The van der Waals surface area contributed by atoms with Gasteiger partial charge < -0.3 is 34.3 Å². The van der Waals surface area contributed by atoms with E-state index in [1.807, 2.05) is 0 Å². The maximum absolute atomic E-state index is 12.9. The predicted molar refractivity (Wildman–Crippen MR) is 124 cm³/mol. The first-order chi connectivity index (χ1) is 16.4. The SMILES string of the molecule is COc1ccc(Cl)cc1C(=O)N1CCC(C(=O)NCC(O)COc2ccc3c(c2)OCO3)CC1. The van der Waals surface area contributed by atoms with Gasteiger partial charge in [0.1, 0.15) is 24.2 Å². The first kappa shape index (κ1) is 24.0. The first-order valence-corrected chi connectivity index (χ1v) is 11.4. The molecule has 0 bridgehead atoms. The fourth-order valence-corrected chi connectivity index (χ4v) is 4.12. The highest BCUT2D eigenvalue weighted by Crippen LogP contribution is 2.35. The number of carbonyl (C=O) groups is 2. The van der Waals surface area contributed by atoms with Crippen LogP contribution in [-0.2, 0) is 4.79 Å². The number of methoxy groups -OCH3 is 1. The van der Waals surface area contributed by atoms with Crippen LogP contribution < -0.4 is 24.3 Å². The van der Waals surface area contributed by atoms with E-state index in [1.54, 1.807) is 41.3 Å². The van der Waals surface area contributed by atoms with Gasteiger partial charge in [0.2, 0.25) is 12.7 Å². The molecule has 0 radical (unpaired) electrons. The van der Waals surface area contributed by atoms with Crippen LogP contribution in [0.5, 0.6) is 23.0 Å². The van der Waals surface area contributed by atoms with E-state index < -0.39 is 6.10 Å². The first-order valence-electron chi connectivity index (χ1n) is 11.1. The van der Waals surface area contributed by atoms with Crippen molar-refractivity contribution in [3.8, 4) is 23.0 Å². The van der Waals surface area contributed by atoms with E-state index in [1.165, 1.54) is 7.11 Å². The molecule has 2 aromatic rings. The molecule has 0 aromatic heterocycles. The normalized spacial score (nSPS) is 16.1. The number of amides is 2. The number of aliphatic hydroxyl groups is 1. The predicted octanol–water partition coefficient (Wildman–Crippen LogP) is 2.49. The van der Waals surface area contributed by atoms with Crippen LogP contribution in [0.3, 0.4) is 0 Å². The second kappa shape index (κ2) is 10.8. The monoisotopic (exact) mass is 490 g/mol. The summed E-state index contributed by atoms with van der Waals surface area (Å²) in [6, 6.07) is 10.1. The second-order valence-electron chi connectivity index (χ2n) is 8.14. The molecule has 2 heterocycles. The van der Waals surface area contributed by atoms with Gasteiger partial charge in [0, 0.05) is 36.6 Å². The molecule has 0 aliphatic carbocycles. The fourth-order valence-electron chi connectivity index (χ4n) is 3.94. The largest absolute Gasteiger partial charge is 0.496 e. The number of aliphatic hydroxyl groups excluding tert-OH is 1. The lowest BCUT2D eigenvalue weighted by molar-refractivity contribution is -0.126. The zero-order chi connectivity index (χ0) is 24.1. The topological polar surface area (TPSA) is 107 Å². The van der Waals surface area contributed by atoms with E-state index >= 15 is 0 Å². The molecule has 9 nitrogen and oxygen atoms in total. The van der Waals surface area contributed by atoms with Gasteiger partial charge in [-0.1, -0.05) is 11.6 Å². The molecular formula is C24H27ClN2O7. The van der Waals surface area contributed by atoms with Gasteiger partial charge in [0.05, 0.1) is 12.7 Å². The molecule has 182 valence electrons. The summed E-state index contributed by atoms with van der Waals surface area (Å²) in [5.41, 5.74) is 0.406. The van der Waals surface area contributed by atoms with E-state index in [2.05, 4.69) is 5.32 Å². The summed E-state index contributed by atoms with van der Waals surface area (Å²) in [5, 5.41) is 13.4. The average molecular weight is 491 g/mol. The number of piperidine rings is 1. The van der Waals surface area contributed by atoms with Crippen LogP contribution in [0.1, 0.15) is 23.2 Å². The minimum absolute atomic E-state index is 0.0222. The van der Waals surface area contributed by atoms with Crippen LogP contribution in [-0.4, -0.2) is 68.1 Å². The second-order valence-corrected chi connectivity index (χ2v) is 8.57.